The van der Waals surface area contributed by atoms with Gasteiger partial charge in [-0.25, -0.2) is 4.79 Å². The van der Waals surface area contributed by atoms with E-state index in [-0.39, 0.29) is 29.7 Å². The van der Waals surface area contributed by atoms with Crippen LogP contribution in [0, 0.1) is 11.3 Å². The molecule has 0 heterocycles. The number of allylic oxidation sites excluding steroid dienone is 1. The van der Waals surface area contributed by atoms with Gasteiger partial charge < -0.3 is 4.84 Å². The minimum Gasteiger partial charge on any atom is -0.373 e. The van der Waals surface area contributed by atoms with Gasteiger partial charge in [0, 0.05) is 0 Å². The van der Waals surface area contributed by atoms with Gasteiger partial charge in [-0.2, -0.15) is 5.90 Å². The number of carbonyl (C=O) groups is 1. The standard InChI is InChI=1S/C8H13NO2.ClH/c1-3-6-5-8(6,4-2)7(10)11-9;/h3,6H,1,4-5,9H2,2H3;1H/t6-,8-;/m1./s1. The van der Waals surface area contributed by atoms with Gasteiger partial charge in [-0.15, -0.1) is 19.0 Å². The van der Waals surface area contributed by atoms with Crippen LogP contribution in [-0.4, -0.2) is 5.97 Å². The van der Waals surface area contributed by atoms with Crippen LogP contribution < -0.4 is 5.90 Å². The Morgan fingerprint density at radius 1 is 1.92 bits per heavy atom. The first-order chi connectivity index (χ1) is 5.21. The molecule has 0 radical (unpaired) electrons. The van der Waals surface area contributed by atoms with Crippen LogP contribution in [0.1, 0.15) is 19.8 Å². The molecular weight excluding hydrogens is 178 g/mol. The van der Waals surface area contributed by atoms with Gasteiger partial charge in [0.1, 0.15) is 0 Å². The summed E-state index contributed by atoms with van der Waals surface area (Å²) in [6.45, 7) is 5.59. The van der Waals surface area contributed by atoms with E-state index >= 15 is 0 Å². The normalized spacial score (nSPS) is 31.7. The molecule has 0 bridgehead atoms. The molecule has 12 heavy (non-hydrogen) atoms. The molecule has 0 spiro atoms. The van der Waals surface area contributed by atoms with Crippen LogP contribution in [-0.2, 0) is 9.63 Å². The van der Waals surface area contributed by atoms with Crippen LogP contribution in [0.4, 0.5) is 0 Å². The van der Waals surface area contributed by atoms with E-state index in [0.29, 0.717) is 0 Å². The third kappa shape index (κ3) is 1.47. The van der Waals surface area contributed by atoms with Crippen molar-refractivity contribution in [2.24, 2.45) is 17.2 Å². The van der Waals surface area contributed by atoms with Gasteiger partial charge in [0.05, 0.1) is 5.41 Å². The molecule has 3 nitrogen and oxygen atoms in total. The smallest absolute Gasteiger partial charge is 0.331 e. The lowest BCUT2D eigenvalue weighted by molar-refractivity contribution is -0.151. The Bertz CT molecular complexity index is 195. The highest BCUT2D eigenvalue weighted by Gasteiger charge is 2.58. The summed E-state index contributed by atoms with van der Waals surface area (Å²) >= 11 is 0. The molecule has 2 atom stereocenters. The average Bonchev–Trinajstić information content (AvgIpc) is 2.78. The number of nitrogens with two attached hydrogens (primary N) is 1. The first kappa shape index (κ1) is 11.5. The summed E-state index contributed by atoms with van der Waals surface area (Å²) < 4.78 is 0. The highest BCUT2D eigenvalue weighted by Crippen LogP contribution is 2.56. The molecule has 0 unspecified atom stereocenters. The monoisotopic (exact) mass is 191 g/mol. The summed E-state index contributed by atoms with van der Waals surface area (Å²) in [6, 6.07) is 0. The Kier molecular flexibility index (Phi) is 3.74. The highest BCUT2D eigenvalue weighted by atomic mass is 35.5. The predicted molar refractivity (Wildman–Crippen MR) is 48.6 cm³/mol. The maximum absolute atomic E-state index is 11.1. The maximum Gasteiger partial charge on any atom is 0.331 e. The van der Waals surface area contributed by atoms with Crippen LogP contribution in [0.5, 0.6) is 0 Å². The SMILES string of the molecule is C=C[C@@H]1C[C@@]1(CC)C(=O)ON.Cl. The summed E-state index contributed by atoms with van der Waals surface area (Å²) in [4.78, 5) is 15.3. The van der Waals surface area contributed by atoms with Crippen molar-refractivity contribution in [1.29, 1.82) is 0 Å². The second kappa shape index (κ2) is 3.92. The van der Waals surface area contributed by atoms with E-state index in [1.165, 1.54) is 0 Å². The summed E-state index contributed by atoms with van der Waals surface area (Å²) in [5.41, 5.74) is -0.337. The van der Waals surface area contributed by atoms with E-state index in [1.807, 2.05) is 6.92 Å². The van der Waals surface area contributed by atoms with Gasteiger partial charge in [0.15, 0.2) is 0 Å². The molecule has 0 amide bonds. The molecule has 1 saturated carbocycles. The number of carbonyl (C=O) groups excluding carboxylic acids is 1. The number of halogens is 1. The van der Waals surface area contributed by atoms with E-state index in [4.69, 9.17) is 5.90 Å². The Labute approximate surface area is 78.3 Å². The van der Waals surface area contributed by atoms with Crippen molar-refractivity contribution in [3.8, 4) is 0 Å². The van der Waals surface area contributed by atoms with E-state index in [0.717, 1.165) is 12.8 Å². The number of hydrogen-bond acceptors (Lipinski definition) is 3. The molecular formula is C8H14ClNO2. The highest BCUT2D eigenvalue weighted by molar-refractivity contribution is 5.85. The predicted octanol–water partition coefficient (Wildman–Crippen LogP) is 1.43. The van der Waals surface area contributed by atoms with Crippen LogP contribution in [0.2, 0.25) is 0 Å². The first-order valence-corrected chi connectivity index (χ1v) is 3.75. The molecule has 1 rings (SSSR count). The zero-order chi connectivity index (χ0) is 8.48. The van der Waals surface area contributed by atoms with E-state index in [2.05, 4.69) is 11.4 Å². The number of rotatable bonds is 3. The average molecular weight is 192 g/mol. The second-order valence-corrected chi connectivity index (χ2v) is 2.96. The van der Waals surface area contributed by atoms with Gasteiger partial charge in [0.2, 0.25) is 0 Å². The van der Waals surface area contributed by atoms with Gasteiger partial charge in [-0.05, 0) is 18.8 Å². The molecule has 2 N–H and O–H groups in total. The van der Waals surface area contributed by atoms with Crippen molar-refractivity contribution in [2.75, 3.05) is 0 Å². The van der Waals surface area contributed by atoms with Crippen LogP contribution in [0.25, 0.3) is 0 Å². The van der Waals surface area contributed by atoms with Crippen molar-refractivity contribution < 1.29 is 9.63 Å². The fourth-order valence-electron chi connectivity index (χ4n) is 1.55. The van der Waals surface area contributed by atoms with Crippen molar-refractivity contribution in [2.45, 2.75) is 19.8 Å². The van der Waals surface area contributed by atoms with E-state index in [9.17, 15) is 4.79 Å². The van der Waals surface area contributed by atoms with Gasteiger partial charge >= 0.3 is 5.97 Å². The molecule has 1 aliphatic carbocycles. The zero-order valence-electron chi connectivity index (χ0n) is 7.08. The lowest BCUT2D eigenvalue weighted by Gasteiger charge is -2.08. The van der Waals surface area contributed by atoms with Crippen molar-refractivity contribution in [3.05, 3.63) is 12.7 Å². The van der Waals surface area contributed by atoms with E-state index in [1.54, 1.807) is 6.08 Å². The molecule has 1 fully saturated rings. The van der Waals surface area contributed by atoms with Crippen LogP contribution in [0.3, 0.4) is 0 Å². The van der Waals surface area contributed by atoms with Gasteiger partial charge in [-0.3, -0.25) is 0 Å². The molecule has 70 valence electrons. The summed E-state index contributed by atoms with van der Waals surface area (Å²) in [7, 11) is 0. The molecule has 0 aromatic rings. The summed E-state index contributed by atoms with van der Waals surface area (Å²) in [5.74, 6) is 4.77. The molecule has 4 heteroatoms. The van der Waals surface area contributed by atoms with E-state index < -0.39 is 0 Å². The molecule has 0 aromatic heterocycles. The minimum atomic E-state index is -0.337. The Morgan fingerprint density at radius 2 is 2.50 bits per heavy atom. The largest absolute Gasteiger partial charge is 0.373 e. The van der Waals surface area contributed by atoms with Crippen molar-refractivity contribution >= 4 is 18.4 Å². The quantitative estimate of drug-likeness (QED) is 0.543. The Hall–Kier alpha value is -0.540. The van der Waals surface area contributed by atoms with Crippen molar-refractivity contribution in [3.63, 3.8) is 0 Å². The number of hydrogen-bond donors (Lipinski definition) is 1. The van der Waals surface area contributed by atoms with Gasteiger partial charge in [0.25, 0.3) is 0 Å². The minimum absolute atomic E-state index is 0. The molecule has 0 aromatic carbocycles. The third-order valence-electron chi connectivity index (χ3n) is 2.56. The first-order valence-electron chi connectivity index (χ1n) is 3.75. The van der Waals surface area contributed by atoms with Crippen LogP contribution >= 0.6 is 12.4 Å². The zero-order valence-corrected chi connectivity index (χ0v) is 7.89. The lowest BCUT2D eigenvalue weighted by Crippen LogP contribution is -2.23. The van der Waals surface area contributed by atoms with Crippen molar-refractivity contribution in [1.82, 2.24) is 0 Å². The van der Waals surface area contributed by atoms with Crippen LogP contribution in [0.15, 0.2) is 12.7 Å². The molecule has 1 aliphatic rings. The molecule has 0 saturated heterocycles. The molecule has 0 aliphatic heterocycles. The second-order valence-electron chi connectivity index (χ2n) is 2.96. The topological polar surface area (TPSA) is 52.3 Å². The lowest BCUT2D eigenvalue weighted by atomic mass is 10.0. The van der Waals surface area contributed by atoms with Gasteiger partial charge in [-0.1, -0.05) is 13.0 Å². The fraction of sp³-hybridized carbons (Fsp3) is 0.625. The third-order valence-corrected chi connectivity index (χ3v) is 2.56. The Balaban J connectivity index is 0.00000121. The fourth-order valence-corrected chi connectivity index (χ4v) is 1.55. The summed E-state index contributed by atoms with van der Waals surface area (Å²) in [5, 5.41) is 0. The maximum atomic E-state index is 11.1. The summed E-state index contributed by atoms with van der Waals surface area (Å²) in [6.07, 6.45) is 3.41. The Morgan fingerprint density at radius 3 is 2.75 bits per heavy atom.